The van der Waals surface area contributed by atoms with Crippen molar-refractivity contribution in [1.82, 2.24) is 20.2 Å². The van der Waals surface area contributed by atoms with E-state index in [0.29, 0.717) is 5.56 Å². The third-order valence-electron chi connectivity index (χ3n) is 3.26. The minimum absolute atomic E-state index is 0.116. The highest BCUT2D eigenvalue weighted by Crippen LogP contribution is 2.30. The first-order valence-corrected chi connectivity index (χ1v) is 6.25. The van der Waals surface area contributed by atoms with Gasteiger partial charge in [0, 0.05) is 5.56 Å². The van der Waals surface area contributed by atoms with E-state index in [2.05, 4.69) is 15.5 Å². The molecular weight excluding hydrogens is 287 g/mol. The Bertz CT molecular complexity index is 661. The van der Waals surface area contributed by atoms with E-state index in [0.717, 1.165) is 6.07 Å². The maximum absolute atomic E-state index is 13.1. The molecule has 0 amide bonds. The van der Waals surface area contributed by atoms with Crippen molar-refractivity contribution in [2.24, 2.45) is 0 Å². The number of aliphatic carboxylic acids is 1. The molecule has 1 aromatic carbocycles. The molecule has 0 radical (unpaired) electrons. The molecule has 0 aliphatic heterocycles. The van der Waals surface area contributed by atoms with Crippen LogP contribution in [-0.4, -0.2) is 31.3 Å². The molecule has 1 unspecified atom stereocenters. The van der Waals surface area contributed by atoms with E-state index in [1.165, 1.54) is 23.7 Å². The van der Waals surface area contributed by atoms with Crippen molar-refractivity contribution in [2.45, 2.75) is 25.8 Å². The Kier molecular flexibility index (Phi) is 3.71. The van der Waals surface area contributed by atoms with Crippen molar-refractivity contribution >= 4 is 17.6 Å². The summed E-state index contributed by atoms with van der Waals surface area (Å²) in [5, 5.41) is 20.5. The maximum Gasteiger partial charge on any atom is 0.331 e. The number of halogens is 2. The number of aromatic nitrogens is 4. The Morgan fingerprint density at radius 2 is 2.25 bits per heavy atom. The van der Waals surface area contributed by atoms with Gasteiger partial charge in [-0.1, -0.05) is 18.5 Å². The van der Waals surface area contributed by atoms with Crippen molar-refractivity contribution in [3.63, 3.8) is 0 Å². The second-order valence-electron chi connectivity index (χ2n) is 4.47. The Morgan fingerprint density at radius 3 is 2.80 bits per heavy atom. The van der Waals surface area contributed by atoms with E-state index in [-0.39, 0.29) is 17.3 Å². The fraction of sp³-hybridized carbons (Fsp3) is 0.333. The number of carboxylic acids is 1. The zero-order valence-corrected chi connectivity index (χ0v) is 11.6. The van der Waals surface area contributed by atoms with Crippen LogP contribution in [-0.2, 0) is 10.3 Å². The Balaban J connectivity index is 2.61. The van der Waals surface area contributed by atoms with E-state index in [1.807, 2.05) is 0 Å². The molecule has 0 aliphatic carbocycles. The fourth-order valence-electron chi connectivity index (χ4n) is 1.75. The predicted octanol–water partition coefficient (Wildman–Crippen LogP) is 2.34. The van der Waals surface area contributed by atoms with Gasteiger partial charge < -0.3 is 5.11 Å². The average molecular weight is 299 g/mol. The van der Waals surface area contributed by atoms with Gasteiger partial charge in [-0.05, 0) is 42.0 Å². The summed E-state index contributed by atoms with van der Waals surface area (Å²) in [6, 6.07) is 3.75. The molecule has 1 atom stereocenters. The number of nitrogens with zero attached hydrogens (tertiary/aromatic N) is 4. The highest BCUT2D eigenvalue weighted by Gasteiger charge is 2.37. The summed E-state index contributed by atoms with van der Waals surface area (Å²) in [4.78, 5) is 11.5. The van der Waals surface area contributed by atoms with Crippen molar-refractivity contribution in [2.75, 3.05) is 0 Å². The van der Waals surface area contributed by atoms with Gasteiger partial charge in [0.1, 0.15) is 5.82 Å². The van der Waals surface area contributed by atoms with E-state index in [1.54, 1.807) is 6.92 Å². The highest BCUT2D eigenvalue weighted by molar-refractivity contribution is 6.33. The standard InChI is InChI=1S/C12H12ClFN4O2/c1-3-12(2,11(19)20)18-10(15-16-17-18)8-5-4-7(14)6-9(8)13/h4-6H,3H2,1-2H3,(H,19,20). The van der Waals surface area contributed by atoms with Crippen LogP contribution in [0.5, 0.6) is 0 Å². The number of tetrazole rings is 1. The number of rotatable bonds is 4. The van der Waals surface area contributed by atoms with Gasteiger partial charge >= 0.3 is 5.97 Å². The molecule has 20 heavy (non-hydrogen) atoms. The SMILES string of the molecule is CCC(C)(C(=O)O)n1nnnc1-c1ccc(F)cc1Cl. The lowest BCUT2D eigenvalue weighted by molar-refractivity contribution is -0.147. The third kappa shape index (κ3) is 2.24. The number of benzene rings is 1. The number of carboxylic acid groups (broad SMARTS) is 1. The lowest BCUT2D eigenvalue weighted by Crippen LogP contribution is -2.39. The van der Waals surface area contributed by atoms with Crippen LogP contribution >= 0.6 is 11.6 Å². The normalized spacial score (nSPS) is 14.0. The first kappa shape index (κ1) is 14.4. The van der Waals surface area contributed by atoms with Crippen LogP contribution in [0.3, 0.4) is 0 Å². The van der Waals surface area contributed by atoms with Crippen LogP contribution in [0.15, 0.2) is 18.2 Å². The summed E-state index contributed by atoms with van der Waals surface area (Å²) >= 11 is 5.97. The molecule has 106 valence electrons. The Hall–Kier alpha value is -2.02. The minimum Gasteiger partial charge on any atom is -0.479 e. The molecule has 1 aromatic heterocycles. The number of hydrogen-bond donors (Lipinski definition) is 1. The first-order chi connectivity index (χ1) is 9.40. The summed E-state index contributed by atoms with van der Waals surface area (Å²) < 4.78 is 14.3. The lowest BCUT2D eigenvalue weighted by Gasteiger charge is -2.24. The van der Waals surface area contributed by atoms with E-state index in [4.69, 9.17) is 11.6 Å². The lowest BCUT2D eigenvalue weighted by atomic mass is 9.99. The van der Waals surface area contributed by atoms with Crippen LogP contribution in [0.2, 0.25) is 5.02 Å². The summed E-state index contributed by atoms with van der Waals surface area (Å²) in [6.45, 7) is 3.22. The predicted molar refractivity (Wildman–Crippen MR) is 69.8 cm³/mol. The zero-order valence-electron chi connectivity index (χ0n) is 10.8. The molecule has 0 spiro atoms. The van der Waals surface area contributed by atoms with Gasteiger partial charge in [-0.3, -0.25) is 0 Å². The van der Waals surface area contributed by atoms with Gasteiger partial charge in [0.15, 0.2) is 11.4 Å². The molecule has 6 nitrogen and oxygen atoms in total. The number of hydrogen-bond acceptors (Lipinski definition) is 4. The molecule has 1 N–H and O–H groups in total. The molecule has 0 saturated carbocycles. The third-order valence-corrected chi connectivity index (χ3v) is 3.57. The zero-order chi connectivity index (χ0) is 14.9. The molecule has 2 aromatic rings. The van der Waals surface area contributed by atoms with Gasteiger partial charge in [-0.15, -0.1) is 5.10 Å². The Labute approximate surface area is 119 Å². The monoisotopic (exact) mass is 298 g/mol. The van der Waals surface area contributed by atoms with Gasteiger partial charge in [0.2, 0.25) is 0 Å². The van der Waals surface area contributed by atoms with Crippen molar-refractivity contribution in [3.05, 3.63) is 29.0 Å². The largest absolute Gasteiger partial charge is 0.479 e. The van der Waals surface area contributed by atoms with Crippen molar-refractivity contribution < 1.29 is 14.3 Å². The first-order valence-electron chi connectivity index (χ1n) is 5.88. The molecule has 1 heterocycles. The number of carbonyl (C=O) groups is 1. The molecule has 0 saturated heterocycles. The van der Waals surface area contributed by atoms with Crippen LogP contribution in [0.1, 0.15) is 20.3 Å². The van der Waals surface area contributed by atoms with E-state index >= 15 is 0 Å². The highest BCUT2D eigenvalue weighted by atomic mass is 35.5. The van der Waals surface area contributed by atoms with Crippen LogP contribution in [0, 0.1) is 5.82 Å². The minimum atomic E-state index is -1.31. The summed E-state index contributed by atoms with van der Waals surface area (Å²) in [7, 11) is 0. The van der Waals surface area contributed by atoms with Gasteiger partial charge in [-0.2, -0.15) is 0 Å². The fourth-order valence-corrected chi connectivity index (χ4v) is 2.00. The van der Waals surface area contributed by atoms with Crippen LogP contribution < -0.4 is 0 Å². The summed E-state index contributed by atoms with van der Waals surface area (Å²) in [5.74, 6) is -1.37. The molecule has 0 aliphatic rings. The van der Waals surface area contributed by atoms with Crippen molar-refractivity contribution in [3.8, 4) is 11.4 Å². The smallest absolute Gasteiger partial charge is 0.331 e. The van der Waals surface area contributed by atoms with Gasteiger partial charge in [0.05, 0.1) is 5.02 Å². The second-order valence-corrected chi connectivity index (χ2v) is 4.88. The average Bonchev–Trinajstić information content (AvgIpc) is 2.87. The maximum atomic E-state index is 13.1. The quantitative estimate of drug-likeness (QED) is 0.937. The van der Waals surface area contributed by atoms with E-state index in [9.17, 15) is 14.3 Å². The molecule has 8 heteroatoms. The summed E-state index contributed by atoms with van der Waals surface area (Å²) in [6.07, 6.45) is 0.277. The molecule has 0 fully saturated rings. The van der Waals surface area contributed by atoms with Crippen molar-refractivity contribution in [1.29, 1.82) is 0 Å². The summed E-state index contributed by atoms with van der Waals surface area (Å²) in [5.41, 5.74) is -0.935. The second kappa shape index (κ2) is 5.16. The molecule has 2 rings (SSSR count). The molecular formula is C12H12ClFN4O2. The van der Waals surface area contributed by atoms with Gasteiger partial charge in [0.25, 0.3) is 0 Å². The van der Waals surface area contributed by atoms with Crippen LogP contribution in [0.4, 0.5) is 4.39 Å². The molecule has 0 bridgehead atoms. The Morgan fingerprint density at radius 1 is 1.55 bits per heavy atom. The van der Waals surface area contributed by atoms with Crippen LogP contribution in [0.25, 0.3) is 11.4 Å². The van der Waals surface area contributed by atoms with Gasteiger partial charge in [-0.25, -0.2) is 13.9 Å². The van der Waals surface area contributed by atoms with E-state index < -0.39 is 17.3 Å². The topological polar surface area (TPSA) is 80.9 Å².